The third-order valence-electron chi connectivity index (χ3n) is 4.65. The smallest absolute Gasteiger partial charge is 0.225 e. The molecule has 5 heteroatoms. The molecule has 5 nitrogen and oxygen atoms in total. The van der Waals surface area contributed by atoms with Crippen molar-refractivity contribution < 1.29 is 4.79 Å². The second kappa shape index (κ2) is 8.39. The van der Waals surface area contributed by atoms with Gasteiger partial charge in [0.15, 0.2) is 5.96 Å². The minimum atomic E-state index is -0.337. The van der Waals surface area contributed by atoms with E-state index in [-0.39, 0.29) is 11.3 Å². The van der Waals surface area contributed by atoms with E-state index < -0.39 is 0 Å². The highest BCUT2D eigenvalue weighted by Crippen LogP contribution is 2.40. The number of nitrogens with zero attached hydrogens (tertiary/aromatic N) is 1. The Balaban J connectivity index is 2.27. The molecule has 0 aromatic carbocycles. The minimum absolute atomic E-state index is 0.0770. The number of hydrogen-bond acceptors (Lipinski definition) is 2. The molecule has 1 aliphatic carbocycles. The van der Waals surface area contributed by atoms with Crippen LogP contribution in [0.3, 0.4) is 0 Å². The van der Waals surface area contributed by atoms with E-state index in [2.05, 4.69) is 27.9 Å². The van der Waals surface area contributed by atoms with Gasteiger partial charge >= 0.3 is 0 Å². The molecule has 1 saturated carbocycles. The Labute approximate surface area is 135 Å². The van der Waals surface area contributed by atoms with Crippen molar-refractivity contribution in [3.63, 3.8) is 0 Å². The lowest BCUT2D eigenvalue weighted by atomic mass is 9.83. The van der Waals surface area contributed by atoms with Gasteiger partial charge in [-0.3, -0.25) is 9.79 Å². The Hall–Kier alpha value is -1.26. The van der Waals surface area contributed by atoms with Crippen molar-refractivity contribution in [3.8, 4) is 0 Å². The van der Waals surface area contributed by atoms with Crippen LogP contribution in [0.2, 0.25) is 0 Å². The van der Waals surface area contributed by atoms with Gasteiger partial charge in [-0.05, 0) is 24.7 Å². The van der Waals surface area contributed by atoms with Crippen LogP contribution in [-0.4, -0.2) is 38.5 Å². The van der Waals surface area contributed by atoms with Crippen LogP contribution in [0.15, 0.2) is 4.99 Å². The van der Waals surface area contributed by atoms with Crippen molar-refractivity contribution in [2.75, 3.05) is 26.7 Å². The van der Waals surface area contributed by atoms with E-state index in [9.17, 15) is 4.79 Å². The van der Waals surface area contributed by atoms with Gasteiger partial charge in [-0.2, -0.15) is 0 Å². The Morgan fingerprint density at radius 1 is 1.09 bits per heavy atom. The lowest BCUT2D eigenvalue weighted by Crippen LogP contribution is -2.46. The molecule has 1 fully saturated rings. The molecule has 0 aromatic heterocycles. The van der Waals surface area contributed by atoms with Crippen LogP contribution in [0.1, 0.15) is 59.8 Å². The Bertz CT molecular complexity index is 379. The van der Waals surface area contributed by atoms with Gasteiger partial charge < -0.3 is 16.0 Å². The summed E-state index contributed by atoms with van der Waals surface area (Å²) in [4.78, 5) is 16.0. The molecular weight excluding hydrogens is 276 g/mol. The van der Waals surface area contributed by atoms with Gasteiger partial charge in [0.2, 0.25) is 5.91 Å². The predicted molar refractivity (Wildman–Crippen MR) is 93.0 cm³/mol. The van der Waals surface area contributed by atoms with Crippen molar-refractivity contribution in [1.82, 2.24) is 16.0 Å². The highest BCUT2D eigenvalue weighted by Gasteiger charge is 2.31. The maximum absolute atomic E-state index is 11.8. The summed E-state index contributed by atoms with van der Waals surface area (Å²) in [6.07, 6.45) is 6.55. The van der Waals surface area contributed by atoms with Gasteiger partial charge in [0.05, 0.1) is 0 Å². The minimum Gasteiger partial charge on any atom is -0.356 e. The molecule has 0 atom stereocenters. The number of carbonyl (C=O) groups excluding carboxylic acids is 1. The molecule has 0 heterocycles. The van der Waals surface area contributed by atoms with Gasteiger partial charge in [0, 0.05) is 32.1 Å². The monoisotopic (exact) mass is 310 g/mol. The van der Waals surface area contributed by atoms with E-state index in [1.807, 2.05) is 20.8 Å². The molecule has 3 N–H and O–H groups in total. The third kappa shape index (κ3) is 5.85. The number of rotatable bonds is 6. The molecule has 0 unspecified atom stereocenters. The van der Waals surface area contributed by atoms with Gasteiger partial charge in [0.25, 0.3) is 0 Å². The highest BCUT2D eigenvalue weighted by atomic mass is 16.2. The maximum atomic E-state index is 11.8. The fraction of sp³-hybridized carbons (Fsp3) is 0.882. The van der Waals surface area contributed by atoms with E-state index in [1.165, 1.54) is 32.1 Å². The fourth-order valence-electron chi connectivity index (χ4n) is 2.89. The van der Waals surface area contributed by atoms with Crippen LogP contribution in [-0.2, 0) is 4.79 Å². The molecule has 1 aliphatic rings. The van der Waals surface area contributed by atoms with Crippen LogP contribution < -0.4 is 16.0 Å². The number of guanidine groups is 1. The molecule has 128 valence electrons. The van der Waals surface area contributed by atoms with E-state index in [0.29, 0.717) is 18.5 Å². The number of nitrogens with one attached hydrogen (secondary N) is 3. The van der Waals surface area contributed by atoms with Crippen molar-refractivity contribution in [3.05, 3.63) is 0 Å². The van der Waals surface area contributed by atoms with Gasteiger partial charge in [0.1, 0.15) is 0 Å². The van der Waals surface area contributed by atoms with Crippen molar-refractivity contribution in [2.24, 2.45) is 15.8 Å². The lowest BCUT2D eigenvalue weighted by molar-refractivity contribution is -0.128. The lowest BCUT2D eigenvalue weighted by Gasteiger charge is -2.28. The summed E-state index contributed by atoms with van der Waals surface area (Å²) in [5.74, 6) is 0.901. The summed E-state index contributed by atoms with van der Waals surface area (Å²) in [6, 6.07) is 0. The molecule has 1 amide bonds. The molecule has 0 aromatic rings. The van der Waals surface area contributed by atoms with Crippen LogP contribution in [0.4, 0.5) is 0 Å². The molecule has 0 spiro atoms. The summed E-state index contributed by atoms with van der Waals surface area (Å²) >= 11 is 0. The zero-order chi connectivity index (χ0) is 16.6. The normalized spacial score (nSPS) is 18.1. The summed E-state index contributed by atoms with van der Waals surface area (Å²) in [7, 11) is 1.79. The Morgan fingerprint density at radius 2 is 1.68 bits per heavy atom. The largest absolute Gasteiger partial charge is 0.356 e. The molecule has 1 rings (SSSR count). The van der Waals surface area contributed by atoms with Crippen LogP contribution in [0.25, 0.3) is 0 Å². The number of aliphatic imine (C=N–C) groups is 1. The van der Waals surface area contributed by atoms with Gasteiger partial charge in [-0.1, -0.05) is 40.5 Å². The SMILES string of the molecule is CCC1(CNC(=NC)NCCNC(=O)C(C)(C)C)CCCC1. The van der Waals surface area contributed by atoms with Crippen molar-refractivity contribution in [2.45, 2.75) is 59.8 Å². The van der Waals surface area contributed by atoms with Gasteiger partial charge in [-0.15, -0.1) is 0 Å². The summed E-state index contributed by atoms with van der Waals surface area (Å²) < 4.78 is 0. The maximum Gasteiger partial charge on any atom is 0.225 e. The first kappa shape index (κ1) is 18.8. The molecule has 0 aliphatic heterocycles. The van der Waals surface area contributed by atoms with Crippen LogP contribution in [0.5, 0.6) is 0 Å². The van der Waals surface area contributed by atoms with Crippen LogP contribution >= 0.6 is 0 Å². The molecule has 0 bridgehead atoms. The van der Waals surface area contributed by atoms with Gasteiger partial charge in [-0.25, -0.2) is 0 Å². The topological polar surface area (TPSA) is 65.5 Å². The second-order valence-electron chi connectivity index (χ2n) is 7.42. The fourth-order valence-corrected chi connectivity index (χ4v) is 2.89. The second-order valence-corrected chi connectivity index (χ2v) is 7.42. The van der Waals surface area contributed by atoms with E-state index in [1.54, 1.807) is 7.05 Å². The Kier molecular flexibility index (Phi) is 7.17. The molecule has 22 heavy (non-hydrogen) atoms. The quantitative estimate of drug-likeness (QED) is 0.401. The third-order valence-corrected chi connectivity index (χ3v) is 4.65. The number of carbonyl (C=O) groups is 1. The predicted octanol–water partition coefficient (Wildman–Crippen LogP) is 2.28. The first-order chi connectivity index (χ1) is 10.3. The van der Waals surface area contributed by atoms with E-state index >= 15 is 0 Å². The average Bonchev–Trinajstić information content (AvgIpc) is 2.94. The van der Waals surface area contributed by atoms with Crippen molar-refractivity contribution >= 4 is 11.9 Å². The zero-order valence-corrected chi connectivity index (χ0v) is 15.0. The molecule has 0 radical (unpaired) electrons. The number of amides is 1. The summed E-state index contributed by atoms with van der Waals surface area (Å²) in [6.45, 7) is 10.3. The van der Waals surface area contributed by atoms with E-state index in [4.69, 9.17) is 0 Å². The number of hydrogen-bond donors (Lipinski definition) is 3. The standard InChI is InChI=1S/C17H34N4O/c1-6-17(9-7-8-10-17)13-21-15(18-5)20-12-11-19-14(22)16(2,3)4/h6-13H2,1-5H3,(H,19,22)(H2,18,20,21). The first-order valence-electron chi connectivity index (χ1n) is 8.56. The van der Waals surface area contributed by atoms with E-state index in [0.717, 1.165) is 12.5 Å². The molecular formula is C17H34N4O. The summed E-state index contributed by atoms with van der Waals surface area (Å²) in [5, 5.41) is 9.65. The average molecular weight is 310 g/mol. The Morgan fingerprint density at radius 3 is 2.18 bits per heavy atom. The summed E-state index contributed by atoms with van der Waals surface area (Å²) in [5.41, 5.74) is 0.105. The van der Waals surface area contributed by atoms with Crippen molar-refractivity contribution in [1.29, 1.82) is 0 Å². The highest BCUT2D eigenvalue weighted by molar-refractivity contribution is 5.81. The molecule has 0 saturated heterocycles. The first-order valence-corrected chi connectivity index (χ1v) is 8.56. The van der Waals surface area contributed by atoms with Crippen LogP contribution in [0, 0.1) is 10.8 Å². The zero-order valence-electron chi connectivity index (χ0n) is 15.0.